The Morgan fingerprint density at radius 3 is 2.48 bits per heavy atom. The van der Waals surface area contributed by atoms with Gasteiger partial charge in [0.25, 0.3) is 5.91 Å². The molecule has 2 aromatic carbocycles. The SMILES string of the molecule is Cc1cc(Nc2ccnc(C(=O)N(C)c3ccccc3)c2)ccc1Br. The number of pyridine rings is 1. The topological polar surface area (TPSA) is 45.2 Å². The smallest absolute Gasteiger partial charge is 0.276 e. The number of nitrogens with zero attached hydrogens (tertiary/aromatic N) is 2. The van der Waals surface area contributed by atoms with E-state index in [2.05, 4.69) is 26.2 Å². The minimum Gasteiger partial charge on any atom is -0.355 e. The second-order valence-electron chi connectivity index (χ2n) is 5.72. The minimum atomic E-state index is -0.151. The molecule has 1 amide bonds. The molecule has 5 heteroatoms. The van der Waals surface area contributed by atoms with Crippen LogP contribution in [0.15, 0.2) is 71.3 Å². The molecule has 0 saturated carbocycles. The van der Waals surface area contributed by atoms with Crippen LogP contribution >= 0.6 is 15.9 Å². The van der Waals surface area contributed by atoms with Gasteiger partial charge in [-0.2, -0.15) is 0 Å². The Balaban J connectivity index is 1.81. The number of carbonyl (C=O) groups excluding carboxylic acids is 1. The highest BCUT2D eigenvalue weighted by Crippen LogP contribution is 2.23. The van der Waals surface area contributed by atoms with Crippen LogP contribution in [0.4, 0.5) is 17.1 Å². The quantitative estimate of drug-likeness (QED) is 0.662. The van der Waals surface area contributed by atoms with Crippen LogP contribution in [-0.4, -0.2) is 17.9 Å². The Hall–Kier alpha value is -2.66. The second-order valence-corrected chi connectivity index (χ2v) is 6.57. The third kappa shape index (κ3) is 4.06. The molecule has 0 aliphatic heterocycles. The molecule has 0 bridgehead atoms. The van der Waals surface area contributed by atoms with Crippen molar-refractivity contribution >= 4 is 38.9 Å². The molecular formula is C20H18BrN3O. The van der Waals surface area contributed by atoms with Gasteiger partial charge < -0.3 is 10.2 Å². The van der Waals surface area contributed by atoms with Crippen molar-refractivity contribution < 1.29 is 4.79 Å². The monoisotopic (exact) mass is 395 g/mol. The van der Waals surface area contributed by atoms with E-state index in [0.29, 0.717) is 5.69 Å². The molecule has 0 aliphatic rings. The number of rotatable bonds is 4. The molecule has 3 aromatic rings. The van der Waals surface area contributed by atoms with E-state index < -0.39 is 0 Å². The molecular weight excluding hydrogens is 378 g/mol. The Morgan fingerprint density at radius 2 is 1.76 bits per heavy atom. The highest BCUT2D eigenvalue weighted by Gasteiger charge is 2.15. The van der Waals surface area contributed by atoms with Gasteiger partial charge in [-0.05, 0) is 55.0 Å². The number of benzene rings is 2. The summed E-state index contributed by atoms with van der Waals surface area (Å²) in [7, 11) is 1.75. The van der Waals surface area contributed by atoms with Crippen molar-refractivity contribution in [2.75, 3.05) is 17.3 Å². The summed E-state index contributed by atoms with van der Waals surface area (Å²) in [5.41, 5.74) is 4.14. The highest BCUT2D eigenvalue weighted by atomic mass is 79.9. The molecule has 0 unspecified atom stereocenters. The van der Waals surface area contributed by atoms with Crippen LogP contribution < -0.4 is 10.2 Å². The Bertz CT molecular complexity index is 896. The van der Waals surface area contributed by atoms with Crippen molar-refractivity contribution in [3.8, 4) is 0 Å². The van der Waals surface area contributed by atoms with E-state index in [-0.39, 0.29) is 5.91 Å². The Labute approximate surface area is 155 Å². The first-order valence-corrected chi connectivity index (χ1v) is 8.66. The molecule has 126 valence electrons. The predicted octanol–water partition coefficient (Wildman–Crippen LogP) is 5.17. The number of aryl methyl sites for hydroxylation is 1. The van der Waals surface area contributed by atoms with Gasteiger partial charge in [0, 0.05) is 34.8 Å². The van der Waals surface area contributed by atoms with Gasteiger partial charge in [-0.15, -0.1) is 0 Å². The number of hydrogen-bond donors (Lipinski definition) is 1. The van der Waals surface area contributed by atoms with E-state index >= 15 is 0 Å². The molecule has 0 saturated heterocycles. The first-order valence-electron chi connectivity index (χ1n) is 7.87. The summed E-state index contributed by atoms with van der Waals surface area (Å²) in [4.78, 5) is 18.5. The maximum Gasteiger partial charge on any atom is 0.276 e. The zero-order valence-electron chi connectivity index (χ0n) is 14.0. The fourth-order valence-electron chi connectivity index (χ4n) is 2.46. The number of aromatic nitrogens is 1. The van der Waals surface area contributed by atoms with Gasteiger partial charge in [0.2, 0.25) is 0 Å². The standard InChI is InChI=1S/C20H18BrN3O/c1-14-12-15(8-9-18(14)21)23-16-10-11-22-19(13-16)20(25)24(2)17-6-4-3-5-7-17/h3-13H,1-2H3,(H,22,23). The lowest BCUT2D eigenvalue weighted by Crippen LogP contribution is -2.27. The van der Waals surface area contributed by atoms with Crippen LogP contribution in [0, 0.1) is 6.92 Å². The molecule has 1 aromatic heterocycles. The fraction of sp³-hybridized carbons (Fsp3) is 0.100. The third-order valence-corrected chi connectivity index (χ3v) is 4.76. The summed E-state index contributed by atoms with van der Waals surface area (Å²) in [6.45, 7) is 2.03. The molecule has 0 fully saturated rings. The van der Waals surface area contributed by atoms with E-state index in [1.807, 2.05) is 61.5 Å². The van der Waals surface area contributed by atoms with Crippen molar-refractivity contribution in [2.45, 2.75) is 6.92 Å². The van der Waals surface area contributed by atoms with Crippen LogP contribution in [0.2, 0.25) is 0 Å². The van der Waals surface area contributed by atoms with Crippen molar-refractivity contribution in [3.05, 3.63) is 82.6 Å². The van der Waals surface area contributed by atoms with Crippen molar-refractivity contribution in [1.29, 1.82) is 0 Å². The Kier molecular flexibility index (Phi) is 5.14. The molecule has 1 N–H and O–H groups in total. The maximum absolute atomic E-state index is 12.7. The molecule has 3 rings (SSSR count). The highest BCUT2D eigenvalue weighted by molar-refractivity contribution is 9.10. The number of halogens is 1. The molecule has 0 spiro atoms. The largest absolute Gasteiger partial charge is 0.355 e. The van der Waals surface area contributed by atoms with E-state index in [4.69, 9.17) is 0 Å². The lowest BCUT2D eigenvalue weighted by atomic mass is 10.2. The van der Waals surface area contributed by atoms with Crippen LogP contribution in [0.25, 0.3) is 0 Å². The van der Waals surface area contributed by atoms with Crippen LogP contribution in [0.3, 0.4) is 0 Å². The van der Waals surface area contributed by atoms with Crippen LogP contribution in [0.1, 0.15) is 16.1 Å². The first kappa shape index (κ1) is 17.2. The fourth-order valence-corrected chi connectivity index (χ4v) is 2.70. The average Bonchev–Trinajstić information content (AvgIpc) is 2.64. The zero-order chi connectivity index (χ0) is 17.8. The third-order valence-electron chi connectivity index (χ3n) is 3.87. The van der Waals surface area contributed by atoms with E-state index in [1.165, 1.54) is 0 Å². The molecule has 4 nitrogen and oxygen atoms in total. The number of nitrogens with one attached hydrogen (secondary N) is 1. The number of amides is 1. The number of carbonyl (C=O) groups is 1. The van der Waals surface area contributed by atoms with Gasteiger partial charge in [0.05, 0.1) is 0 Å². The number of para-hydroxylation sites is 1. The van der Waals surface area contributed by atoms with E-state index in [1.54, 1.807) is 24.2 Å². The van der Waals surface area contributed by atoms with E-state index in [9.17, 15) is 4.79 Å². The maximum atomic E-state index is 12.7. The van der Waals surface area contributed by atoms with Crippen molar-refractivity contribution in [3.63, 3.8) is 0 Å². The summed E-state index contributed by atoms with van der Waals surface area (Å²) in [5, 5.41) is 3.31. The van der Waals surface area contributed by atoms with E-state index in [0.717, 1.165) is 27.1 Å². The van der Waals surface area contributed by atoms with Gasteiger partial charge in [-0.3, -0.25) is 9.78 Å². The summed E-state index contributed by atoms with van der Waals surface area (Å²) < 4.78 is 1.06. The van der Waals surface area contributed by atoms with Crippen molar-refractivity contribution in [2.24, 2.45) is 0 Å². The van der Waals surface area contributed by atoms with Crippen molar-refractivity contribution in [1.82, 2.24) is 4.98 Å². The van der Waals surface area contributed by atoms with Gasteiger partial charge in [-0.25, -0.2) is 0 Å². The lowest BCUT2D eigenvalue weighted by molar-refractivity contribution is 0.0988. The minimum absolute atomic E-state index is 0.151. The van der Waals surface area contributed by atoms with Gasteiger partial charge >= 0.3 is 0 Å². The van der Waals surface area contributed by atoms with Gasteiger partial charge in [0.15, 0.2) is 0 Å². The number of anilines is 3. The zero-order valence-corrected chi connectivity index (χ0v) is 15.6. The summed E-state index contributed by atoms with van der Waals surface area (Å²) >= 11 is 3.50. The lowest BCUT2D eigenvalue weighted by Gasteiger charge is -2.17. The molecule has 1 heterocycles. The average molecular weight is 396 g/mol. The summed E-state index contributed by atoms with van der Waals surface area (Å²) in [6, 6.07) is 19.1. The second kappa shape index (κ2) is 7.49. The Morgan fingerprint density at radius 1 is 1.04 bits per heavy atom. The normalized spacial score (nSPS) is 10.4. The van der Waals surface area contributed by atoms with Gasteiger partial charge in [0.1, 0.15) is 5.69 Å². The number of hydrogen-bond acceptors (Lipinski definition) is 3. The summed E-state index contributed by atoms with van der Waals surface area (Å²) in [6.07, 6.45) is 1.64. The predicted molar refractivity (Wildman–Crippen MR) is 106 cm³/mol. The molecule has 25 heavy (non-hydrogen) atoms. The molecule has 0 atom stereocenters. The first-order chi connectivity index (χ1) is 12.0. The molecule has 0 radical (unpaired) electrons. The molecule has 0 aliphatic carbocycles. The summed E-state index contributed by atoms with van der Waals surface area (Å²) in [5.74, 6) is -0.151. The van der Waals surface area contributed by atoms with Gasteiger partial charge in [-0.1, -0.05) is 34.1 Å². The van der Waals surface area contributed by atoms with Crippen LogP contribution in [0.5, 0.6) is 0 Å². The van der Waals surface area contributed by atoms with Crippen LogP contribution in [-0.2, 0) is 0 Å².